The predicted molar refractivity (Wildman–Crippen MR) is 72.4 cm³/mol. The molecule has 1 rings (SSSR count). The highest BCUT2D eigenvalue weighted by molar-refractivity contribution is 6.32. The van der Waals surface area contributed by atoms with Gasteiger partial charge >= 0.3 is 0 Å². The first-order chi connectivity index (χ1) is 8.43. The van der Waals surface area contributed by atoms with Crippen molar-refractivity contribution < 1.29 is 4.79 Å². The lowest BCUT2D eigenvalue weighted by Gasteiger charge is -2.25. The maximum absolute atomic E-state index is 11.1. The normalized spacial score (nSPS) is 10.2. The second-order valence-electron chi connectivity index (χ2n) is 4.52. The van der Waals surface area contributed by atoms with E-state index in [1.54, 1.807) is 18.2 Å². The van der Waals surface area contributed by atoms with Crippen molar-refractivity contribution in [3.63, 3.8) is 0 Å². The Morgan fingerprint density at radius 3 is 2.67 bits per heavy atom. The van der Waals surface area contributed by atoms with Crippen LogP contribution in [0.3, 0.4) is 0 Å². The standard InChI is InChI=1S/C13H16ClN3O/c1-9(2)7-17(8-13(16)18)11-4-3-10(6-15)12(14)5-11/h3-5,9H,7-8H2,1-2H3,(H2,16,18). The Labute approximate surface area is 112 Å². The van der Waals surface area contributed by atoms with Gasteiger partial charge in [-0.1, -0.05) is 25.4 Å². The van der Waals surface area contributed by atoms with Crippen molar-refractivity contribution in [1.82, 2.24) is 0 Å². The molecule has 5 heteroatoms. The number of primary amides is 1. The molecule has 4 nitrogen and oxygen atoms in total. The third-order valence-electron chi connectivity index (χ3n) is 2.37. The van der Waals surface area contributed by atoms with Crippen LogP contribution in [0, 0.1) is 17.2 Å². The average molecular weight is 266 g/mol. The number of amides is 1. The number of anilines is 1. The van der Waals surface area contributed by atoms with Gasteiger partial charge in [-0.05, 0) is 24.1 Å². The number of benzene rings is 1. The molecule has 0 saturated heterocycles. The van der Waals surface area contributed by atoms with E-state index in [9.17, 15) is 4.79 Å². The first-order valence-electron chi connectivity index (χ1n) is 5.67. The maximum atomic E-state index is 11.1. The molecule has 0 unspecified atom stereocenters. The summed E-state index contributed by atoms with van der Waals surface area (Å²) in [5.74, 6) is -0.00472. The summed E-state index contributed by atoms with van der Waals surface area (Å²) in [5.41, 5.74) is 6.45. The summed E-state index contributed by atoms with van der Waals surface area (Å²) >= 11 is 5.98. The fourth-order valence-electron chi connectivity index (χ4n) is 1.68. The number of carbonyl (C=O) groups excluding carboxylic acids is 1. The molecule has 0 aromatic heterocycles. The van der Waals surface area contributed by atoms with Crippen LogP contribution in [0.15, 0.2) is 18.2 Å². The van der Waals surface area contributed by atoms with E-state index in [1.165, 1.54) is 0 Å². The van der Waals surface area contributed by atoms with Crippen LogP contribution in [0.5, 0.6) is 0 Å². The van der Waals surface area contributed by atoms with E-state index in [4.69, 9.17) is 22.6 Å². The minimum atomic E-state index is -0.392. The first-order valence-corrected chi connectivity index (χ1v) is 6.04. The van der Waals surface area contributed by atoms with Crippen molar-refractivity contribution in [1.29, 1.82) is 5.26 Å². The summed E-state index contributed by atoms with van der Waals surface area (Å²) in [6.45, 7) is 4.95. The summed E-state index contributed by atoms with van der Waals surface area (Å²) in [7, 11) is 0. The zero-order chi connectivity index (χ0) is 13.7. The monoisotopic (exact) mass is 265 g/mol. The molecule has 0 aliphatic heterocycles. The number of nitriles is 1. The quantitative estimate of drug-likeness (QED) is 0.887. The molecule has 18 heavy (non-hydrogen) atoms. The first kappa shape index (κ1) is 14.3. The van der Waals surface area contributed by atoms with Gasteiger partial charge in [-0.15, -0.1) is 0 Å². The Kier molecular flexibility index (Phi) is 4.99. The molecular weight excluding hydrogens is 250 g/mol. The van der Waals surface area contributed by atoms with Gasteiger partial charge in [0, 0.05) is 12.2 Å². The highest BCUT2D eigenvalue weighted by Gasteiger charge is 2.12. The van der Waals surface area contributed by atoms with Gasteiger partial charge in [0.1, 0.15) is 6.07 Å². The molecule has 96 valence electrons. The van der Waals surface area contributed by atoms with Crippen molar-refractivity contribution in [3.8, 4) is 6.07 Å². The average Bonchev–Trinajstić information content (AvgIpc) is 2.26. The molecule has 0 aliphatic rings. The predicted octanol–water partition coefficient (Wildman–Crippen LogP) is 2.16. The van der Waals surface area contributed by atoms with Crippen LogP contribution in [0.1, 0.15) is 19.4 Å². The minimum absolute atomic E-state index is 0.139. The molecule has 1 aromatic carbocycles. The van der Waals surface area contributed by atoms with Gasteiger partial charge < -0.3 is 10.6 Å². The van der Waals surface area contributed by atoms with E-state index >= 15 is 0 Å². The second kappa shape index (κ2) is 6.27. The zero-order valence-electron chi connectivity index (χ0n) is 10.5. The minimum Gasteiger partial charge on any atom is -0.368 e. The number of hydrogen-bond donors (Lipinski definition) is 1. The van der Waals surface area contributed by atoms with Crippen molar-refractivity contribution in [2.45, 2.75) is 13.8 Å². The van der Waals surface area contributed by atoms with Gasteiger partial charge in [0.2, 0.25) is 5.91 Å². The smallest absolute Gasteiger partial charge is 0.236 e. The van der Waals surface area contributed by atoms with Gasteiger partial charge in [-0.25, -0.2) is 0 Å². The zero-order valence-corrected chi connectivity index (χ0v) is 11.2. The molecule has 0 atom stereocenters. The van der Waals surface area contributed by atoms with Gasteiger partial charge in [0.15, 0.2) is 0 Å². The van der Waals surface area contributed by atoms with Crippen LogP contribution in [0.2, 0.25) is 5.02 Å². The SMILES string of the molecule is CC(C)CN(CC(N)=O)c1ccc(C#N)c(Cl)c1. The summed E-state index contributed by atoms with van der Waals surface area (Å²) in [6, 6.07) is 7.11. The van der Waals surface area contributed by atoms with Gasteiger partial charge in [0.05, 0.1) is 17.1 Å². The summed E-state index contributed by atoms with van der Waals surface area (Å²) in [6.07, 6.45) is 0. The van der Waals surface area contributed by atoms with Crippen LogP contribution >= 0.6 is 11.6 Å². The summed E-state index contributed by atoms with van der Waals surface area (Å²) in [4.78, 5) is 12.9. The van der Waals surface area contributed by atoms with Crippen molar-refractivity contribution in [2.24, 2.45) is 11.7 Å². The van der Waals surface area contributed by atoms with Gasteiger partial charge in [-0.2, -0.15) is 5.26 Å². The van der Waals surface area contributed by atoms with Crippen molar-refractivity contribution in [2.75, 3.05) is 18.0 Å². The summed E-state index contributed by atoms with van der Waals surface area (Å²) < 4.78 is 0. The van der Waals surface area contributed by atoms with E-state index in [1.807, 2.05) is 11.0 Å². The molecule has 0 aliphatic carbocycles. The third kappa shape index (κ3) is 3.94. The van der Waals surface area contributed by atoms with E-state index in [2.05, 4.69) is 13.8 Å². The van der Waals surface area contributed by atoms with E-state index in [0.29, 0.717) is 23.0 Å². The fraction of sp³-hybridized carbons (Fsp3) is 0.385. The number of nitrogens with zero attached hydrogens (tertiary/aromatic N) is 2. The van der Waals surface area contributed by atoms with Crippen molar-refractivity contribution >= 4 is 23.2 Å². The van der Waals surface area contributed by atoms with Crippen molar-refractivity contribution in [3.05, 3.63) is 28.8 Å². The Hall–Kier alpha value is -1.73. The number of rotatable bonds is 5. The second-order valence-corrected chi connectivity index (χ2v) is 4.92. The lowest BCUT2D eigenvalue weighted by atomic mass is 10.1. The summed E-state index contributed by atoms with van der Waals surface area (Å²) in [5, 5.41) is 9.20. The number of carbonyl (C=O) groups is 1. The Balaban J connectivity index is 3.01. The van der Waals surface area contributed by atoms with Crippen LogP contribution in [-0.4, -0.2) is 19.0 Å². The number of halogens is 1. The molecule has 0 spiro atoms. The lowest BCUT2D eigenvalue weighted by Crippen LogP contribution is -2.36. The largest absolute Gasteiger partial charge is 0.368 e. The number of hydrogen-bond acceptors (Lipinski definition) is 3. The van der Waals surface area contributed by atoms with Crippen LogP contribution < -0.4 is 10.6 Å². The van der Waals surface area contributed by atoms with E-state index in [-0.39, 0.29) is 6.54 Å². The Morgan fingerprint density at radius 2 is 2.22 bits per heavy atom. The molecule has 0 saturated carbocycles. The Bertz CT molecular complexity index is 480. The lowest BCUT2D eigenvalue weighted by molar-refractivity contribution is -0.116. The molecule has 1 amide bonds. The molecule has 0 heterocycles. The van der Waals surface area contributed by atoms with Gasteiger partial charge in [0.25, 0.3) is 0 Å². The van der Waals surface area contributed by atoms with Crippen LogP contribution in [0.4, 0.5) is 5.69 Å². The third-order valence-corrected chi connectivity index (χ3v) is 2.68. The fourth-order valence-corrected chi connectivity index (χ4v) is 1.90. The highest BCUT2D eigenvalue weighted by atomic mass is 35.5. The molecule has 0 fully saturated rings. The molecule has 0 radical (unpaired) electrons. The Morgan fingerprint density at radius 1 is 1.56 bits per heavy atom. The molecular formula is C13H16ClN3O. The van der Waals surface area contributed by atoms with Crippen LogP contribution in [-0.2, 0) is 4.79 Å². The van der Waals surface area contributed by atoms with E-state index < -0.39 is 5.91 Å². The van der Waals surface area contributed by atoms with Crippen LogP contribution in [0.25, 0.3) is 0 Å². The number of nitrogens with two attached hydrogens (primary N) is 1. The molecule has 0 bridgehead atoms. The topological polar surface area (TPSA) is 70.1 Å². The molecule has 2 N–H and O–H groups in total. The van der Waals surface area contributed by atoms with Gasteiger partial charge in [-0.3, -0.25) is 4.79 Å². The van der Waals surface area contributed by atoms with E-state index in [0.717, 1.165) is 5.69 Å². The molecule has 1 aromatic rings. The maximum Gasteiger partial charge on any atom is 0.236 e. The highest BCUT2D eigenvalue weighted by Crippen LogP contribution is 2.23.